The molecule has 2 aromatic carbocycles. The summed E-state index contributed by atoms with van der Waals surface area (Å²) in [7, 11) is 0. The van der Waals surface area contributed by atoms with Crippen LogP contribution in [0.15, 0.2) is 34.7 Å². The Labute approximate surface area is 162 Å². The Hall–Kier alpha value is -2.72. The van der Waals surface area contributed by atoms with Gasteiger partial charge in [-0.05, 0) is 65.6 Å². The number of furan rings is 1. The van der Waals surface area contributed by atoms with Gasteiger partial charge in [-0.25, -0.2) is 0 Å². The number of hydrogen-bond donors (Lipinski definition) is 0. The van der Waals surface area contributed by atoms with Gasteiger partial charge in [0.2, 0.25) is 0 Å². The van der Waals surface area contributed by atoms with Crippen molar-refractivity contribution in [3.63, 3.8) is 0 Å². The van der Waals surface area contributed by atoms with Crippen LogP contribution < -0.4 is 10.6 Å². The standard InChI is InChI=1S/C26H28O/c1-8-10-25-21(9-2)22-12-11-19(15-26(22)27-25)20-13-23(16(3)4)18(7)24(14-20)17(5)6/h1,9-17H,2-7H3/b21-9-,25-10+. The highest BCUT2D eigenvalue weighted by molar-refractivity contribution is 5.85. The van der Waals surface area contributed by atoms with Gasteiger partial charge in [0.15, 0.2) is 0 Å². The SMILES string of the molecule is C#C/C=c1/oc2cc(-c3cc(C(C)C)c(C)c(C(C)C)c3)ccc2/c1=C/C. The third kappa shape index (κ3) is 3.45. The maximum atomic E-state index is 6.04. The van der Waals surface area contributed by atoms with Crippen LogP contribution in [0.2, 0.25) is 0 Å². The second-order valence-electron chi connectivity index (χ2n) is 7.78. The molecule has 138 valence electrons. The molecule has 0 spiro atoms. The molecular formula is C26H28O. The van der Waals surface area contributed by atoms with Gasteiger partial charge in [0.1, 0.15) is 11.0 Å². The number of terminal acetylenes is 1. The zero-order valence-electron chi connectivity index (χ0n) is 17.2. The minimum atomic E-state index is 0.493. The fourth-order valence-corrected chi connectivity index (χ4v) is 3.92. The summed E-state index contributed by atoms with van der Waals surface area (Å²) in [6, 6.07) is 11.1. The Morgan fingerprint density at radius 3 is 2.11 bits per heavy atom. The number of fused-ring (bicyclic) bond motifs is 1. The van der Waals surface area contributed by atoms with Gasteiger partial charge in [0.25, 0.3) is 0 Å². The molecule has 1 aromatic heterocycles. The van der Waals surface area contributed by atoms with Crippen molar-refractivity contribution in [2.45, 2.75) is 53.4 Å². The lowest BCUT2D eigenvalue weighted by atomic mass is 9.86. The highest BCUT2D eigenvalue weighted by atomic mass is 16.3. The normalized spacial score (nSPS) is 13.1. The van der Waals surface area contributed by atoms with Crippen LogP contribution in [-0.4, -0.2) is 0 Å². The van der Waals surface area contributed by atoms with E-state index in [-0.39, 0.29) is 0 Å². The van der Waals surface area contributed by atoms with E-state index in [1.165, 1.54) is 27.8 Å². The molecule has 0 N–H and O–H groups in total. The van der Waals surface area contributed by atoms with Crippen molar-refractivity contribution in [2.75, 3.05) is 0 Å². The van der Waals surface area contributed by atoms with Crippen LogP contribution in [0.4, 0.5) is 0 Å². The predicted molar refractivity (Wildman–Crippen MR) is 117 cm³/mol. The van der Waals surface area contributed by atoms with E-state index < -0.39 is 0 Å². The van der Waals surface area contributed by atoms with Gasteiger partial charge in [0.05, 0.1) is 0 Å². The van der Waals surface area contributed by atoms with Gasteiger partial charge in [-0.3, -0.25) is 0 Å². The number of benzene rings is 2. The molecule has 3 aromatic rings. The second-order valence-corrected chi connectivity index (χ2v) is 7.78. The third-order valence-electron chi connectivity index (χ3n) is 5.33. The topological polar surface area (TPSA) is 13.1 Å². The van der Waals surface area contributed by atoms with Crippen molar-refractivity contribution in [2.24, 2.45) is 0 Å². The molecule has 0 aliphatic heterocycles. The summed E-state index contributed by atoms with van der Waals surface area (Å²) in [4.78, 5) is 0. The van der Waals surface area contributed by atoms with E-state index in [0.29, 0.717) is 11.8 Å². The maximum Gasteiger partial charge on any atom is 0.143 e. The van der Waals surface area contributed by atoms with Crippen LogP contribution in [0.25, 0.3) is 34.2 Å². The molecular weight excluding hydrogens is 328 g/mol. The zero-order chi connectivity index (χ0) is 19.7. The molecule has 0 amide bonds. The molecule has 0 fully saturated rings. The summed E-state index contributed by atoms with van der Waals surface area (Å²) in [5, 5.41) is 2.16. The summed E-state index contributed by atoms with van der Waals surface area (Å²) in [5.41, 5.74) is 8.29. The summed E-state index contributed by atoms with van der Waals surface area (Å²) in [6.07, 6.45) is 9.19. The molecule has 1 heteroatoms. The fourth-order valence-electron chi connectivity index (χ4n) is 3.92. The zero-order valence-corrected chi connectivity index (χ0v) is 17.2. The predicted octanol–water partition coefficient (Wildman–Crippen LogP) is 5.87. The first-order chi connectivity index (χ1) is 12.9. The van der Waals surface area contributed by atoms with Gasteiger partial charge in [-0.1, -0.05) is 57.9 Å². The fraction of sp³-hybridized carbons (Fsp3) is 0.308. The van der Waals surface area contributed by atoms with Gasteiger partial charge in [-0.15, -0.1) is 6.42 Å². The lowest BCUT2D eigenvalue weighted by Gasteiger charge is -2.19. The molecule has 0 unspecified atom stereocenters. The van der Waals surface area contributed by atoms with Crippen molar-refractivity contribution >= 4 is 23.1 Å². The number of rotatable bonds is 3. The first-order valence-corrected chi connectivity index (χ1v) is 9.67. The molecule has 27 heavy (non-hydrogen) atoms. The van der Waals surface area contributed by atoms with E-state index in [1.807, 2.05) is 13.0 Å². The Bertz CT molecular complexity index is 1120. The lowest BCUT2D eigenvalue weighted by molar-refractivity contribution is 0.576. The molecule has 0 aliphatic carbocycles. The highest BCUT2D eigenvalue weighted by Gasteiger charge is 2.14. The van der Waals surface area contributed by atoms with Crippen LogP contribution in [0.3, 0.4) is 0 Å². The minimum Gasteiger partial charge on any atom is -0.455 e. The van der Waals surface area contributed by atoms with Crippen molar-refractivity contribution < 1.29 is 4.42 Å². The van der Waals surface area contributed by atoms with Crippen LogP contribution in [-0.2, 0) is 0 Å². The molecule has 0 atom stereocenters. The van der Waals surface area contributed by atoms with E-state index in [1.54, 1.807) is 6.08 Å². The number of hydrogen-bond acceptors (Lipinski definition) is 1. The van der Waals surface area contributed by atoms with E-state index in [0.717, 1.165) is 21.6 Å². The van der Waals surface area contributed by atoms with Gasteiger partial charge in [0, 0.05) is 16.7 Å². The molecule has 0 radical (unpaired) electrons. The molecule has 1 heterocycles. The molecule has 0 saturated heterocycles. The first kappa shape index (κ1) is 19.1. The average Bonchev–Trinajstić information content (AvgIpc) is 2.97. The van der Waals surface area contributed by atoms with E-state index in [9.17, 15) is 0 Å². The van der Waals surface area contributed by atoms with Gasteiger partial charge < -0.3 is 4.42 Å². The minimum absolute atomic E-state index is 0.493. The monoisotopic (exact) mass is 356 g/mol. The van der Waals surface area contributed by atoms with Gasteiger partial charge in [-0.2, -0.15) is 0 Å². The summed E-state index contributed by atoms with van der Waals surface area (Å²) in [5.74, 6) is 3.56. The van der Waals surface area contributed by atoms with Crippen molar-refractivity contribution in [3.05, 3.63) is 57.7 Å². The van der Waals surface area contributed by atoms with Crippen LogP contribution in [0.5, 0.6) is 0 Å². The van der Waals surface area contributed by atoms with Crippen LogP contribution in [0.1, 0.15) is 63.1 Å². The summed E-state index contributed by atoms with van der Waals surface area (Å²) in [6.45, 7) is 13.3. The van der Waals surface area contributed by atoms with Crippen LogP contribution in [0, 0.1) is 19.3 Å². The Kier molecular flexibility index (Phi) is 5.29. The van der Waals surface area contributed by atoms with E-state index in [4.69, 9.17) is 10.8 Å². The molecule has 3 rings (SSSR count). The van der Waals surface area contributed by atoms with Crippen molar-refractivity contribution in [1.82, 2.24) is 0 Å². The molecule has 0 bridgehead atoms. The second kappa shape index (κ2) is 7.49. The first-order valence-electron chi connectivity index (χ1n) is 9.67. The highest BCUT2D eigenvalue weighted by Crippen LogP contribution is 2.33. The largest absolute Gasteiger partial charge is 0.455 e. The Balaban J connectivity index is 2.27. The van der Waals surface area contributed by atoms with Crippen LogP contribution >= 0.6 is 0 Å². The molecule has 1 nitrogen and oxygen atoms in total. The smallest absolute Gasteiger partial charge is 0.143 e. The molecule has 0 saturated carbocycles. The average molecular weight is 357 g/mol. The lowest BCUT2D eigenvalue weighted by Crippen LogP contribution is -2.18. The summed E-state index contributed by atoms with van der Waals surface area (Å²) < 4.78 is 6.04. The van der Waals surface area contributed by atoms with Gasteiger partial charge >= 0.3 is 0 Å². The van der Waals surface area contributed by atoms with Crippen molar-refractivity contribution in [3.8, 4) is 23.5 Å². The third-order valence-corrected chi connectivity index (χ3v) is 5.33. The Morgan fingerprint density at radius 1 is 0.963 bits per heavy atom. The molecule has 0 aliphatic rings. The van der Waals surface area contributed by atoms with E-state index >= 15 is 0 Å². The Morgan fingerprint density at radius 2 is 1.59 bits per heavy atom. The quantitative estimate of drug-likeness (QED) is 0.535. The van der Waals surface area contributed by atoms with E-state index in [2.05, 4.69) is 70.9 Å². The maximum absolute atomic E-state index is 6.04. The summed E-state index contributed by atoms with van der Waals surface area (Å²) >= 11 is 0. The van der Waals surface area contributed by atoms with Crippen molar-refractivity contribution in [1.29, 1.82) is 0 Å².